The minimum absolute atomic E-state index is 0.204. The van der Waals surface area contributed by atoms with Gasteiger partial charge in [0.1, 0.15) is 5.76 Å². The summed E-state index contributed by atoms with van der Waals surface area (Å²) in [4.78, 5) is 16.5. The molecular formula is C19H20N4O2. The van der Waals surface area contributed by atoms with Crippen LogP contribution in [0.1, 0.15) is 28.5 Å². The van der Waals surface area contributed by atoms with E-state index in [4.69, 9.17) is 4.52 Å². The molecule has 0 radical (unpaired) electrons. The topological polar surface area (TPSA) is 80.0 Å². The van der Waals surface area contributed by atoms with Gasteiger partial charge in [-0.3, -0.25) is 10.3 Å². The number of nitrogens with one attached hydrogen (secondary N) is 2. The Kier molecular flexibility index (Phi) is 5.09. The van der Waals surface area contributed by atoms with Gasteiger partial charge in [-0.25, -0.2) is 4.79 Å². The third-order valence-corrected chi connectivity index (χ3v) is 3.82. The van der Waals surface area contributed by atoms with Gasteiger partial charge < -0.3 is 9.84 Å². The molecule has 2 heterocycles. The van der Waals surface area contributed by atoms with E-state index in [1.807, 2.05) is 19.1 Å². The summed E-state index contributed by atoms with van der Waals surface area (Å²) in [7, 11) is 0. The van der Waals surface area contributed by atoms with Crippen molar-refractivity contribution in [3.05, 3.63) is 77.3 Å². The molecule has 0 aliphatic rings. The molecule has 25 heavy (non-hydrogen) atoms. The van der Waals surface area contributed by atoms with E-state index in [2.05, 4.69) is 45.0 Å². The number of amides is 2. The number of hydrogen-bond acceptors (Lipinski definition) is 4. The summed E-state index contributed by atoms with van der Waals surface area (Å²) in [5.74, 6) is 1.02. The van der Waals surface area contributed by atoms with Gasteiger partial charge in [-0.2, -0.15) is 0 Å². The van der Waals surface area contributed by atoms with E-state index in [1.165, 1.54) is 5.56 Å². The maximum atomic E-state index is 12.3. The molecule has 0 saturated heterocycles. The first-order chi connectivity index (χ1) is 12.1. The monoisotopic (exact) mass is 336 g/mol. The zero-order chi connectivity index (χ0) is 17.6. The second kappa shape index (κ2) is 7.61. The molecule has 0 saturated carbocycles. The van der Waals surface area contributed by atoms with Gasteiger partial charge in [-0.05, 0) is 37.5 Å². The van der Waals surface area contributed by atoms with E-state index in [0.717, 1.165) is 11.1 Å². The lowest BCUT2D eigenvalue weighted by atomic mass is 9.99. The Balaban J connectivity index is 1.74. The van der Waals surface area contributed by atoms with E-state index < -0.39 is 0 Å². The molecule has 0 fully saturated rings. The van der Waals surface area contributed by atoms with Crippen LogP contribution in [-0.2, 0) is 6.42 Å². The fraction of sp³-hybridized carbons (Fsp3) is 0.211. The number of benzene rings is 1. The molecule has 6 heteroatoms. The zero-order valence-corrected chi connectivity index (χ0v) is 14.2. The van der Waals surface area contributed by atoms with Crippen molar-refractivity contribution in [1.29, 1.82) is 0 Å². The summed E-state index contributed by atoms with van der Waals surface area (Å²) in [6.45, 7) is 3.82. The highest BCUT2D eigenvalue weighted by Gasteiger charge is 2.16. The summed E-state index contributed by atoms with van der Waals surface area (Å²) in [6.07, 6.45) is 4.14. The lowest BCUT2D eigenvalue weighted by Crippen LogP contribution is -2.33. The molecule has 2 aromatic heterocycles. The Labute approximate surface area is 146 Å². The molecule has 0 aliphatic heterocycles. The first kappa shape index (κ1) is 16.7. The molecule has 1 unspecified atom stereocenters. The fourth-order valence-electron chi connectivity index (χ4n) is 2.53. The average Bonchev–Trinajstić information content (AvgIpc) is 3.01. The number of aromatic nitrogens is 2. The first-order valence-electron chi connectivity index (χ1n) is 8.06. The summed E-state index contributed by atoms with van der Waals surface area (Å²) < 4.78 is 4.96. The van der Waals surface area contributed by atoms with Crippen molar-refractivity contribution < 1.29 is 9.32 Å². The second-order valence-electron chi connectivity index (χ2n) is 5.95. The maximum Gasteiger partial charge on any atom is 0.320 e. The van der Waals surface area contributed by atoms with Gasteiger partial charge in [0.25, 0.3) is 0 Å². The van der Waals surface area contributed by atoms with Gasteiger partial charge in [-0.15, -0.1) is 0 Å². The second-order valence-corrected chi connectivity index (χ2v) is 5.95. The van der Waals surface area contributed by atoms with Crippen molar-refractivity contribution in [2.24, 2.45) is 0 Å². The van der Waals surface area contributed by atoms with E-state index in [0.29, 0.717) is 18.0 Å². The van der Waals surface area contributed by atoms with Crippen LogP contribution < -0.4 is 10.6 Å². The fourth-order valence-corrected chi connectivity index (χ4v) is 2.53. The summed E-state index contributed by atoms with van der Waals surface area (Å²) >= 11 is 0. The van der Waals surface area contributed by atoms with E-state index in [-0.39, 0.29) is 12.1 Å². The highest BCUT2D eigenvalue weighted by Crippen LogP contribution is 2.18. The minimum Gasteiger partial charge on any atom is -0.360 e. The van der Waals surface area contributed by atoms with Gasteiger partial charge in [0.15, 0.2) is 5.82 Å². The number of carbonyl (C=O) groups excluding carboxylic acids is 1. The zero-order valence-electron chi connectivity index (χ0n) is 14.2. The molecule has 0 spiro atoms. The van der Waals surface area contributed by atoms with Crippen molar-refractivity contribution in [3.63, 3.8) is 0 Å². The van der Waals surface area contributed by atoms with Crippen LogP contribution in [0, 0.1) is 13.8 Å². The third-order valence-electron chi connectivity index (χ3n) is 3.82. The number of hydrogen-bond donors (Lipinski definition) is 2. The number of carbonyl (C=O) groups is 1. The first-order valence-corrected chi connectivity index (χ1v) is 8.06. The minimum atomic E-state index is -0.339. The largest absolute Gasteiger partial charge is 0.360 e. The molecule has 6 nitrogen and oxygen atoms in total. The quantitative estimate of drug-likeness (QED) is 0.743. The summed E-state index contributed by atoms with van der Waals surface area (Å²) in [5.41, 5.74) is 3.28. The van der Waals surface area contributed by atoms with Crippen molar-refractivity contribution in [1.82, 2.24) is 15.5 Å². The van der Waals surface area contributed by atoms with Crippen LogP contribution in [-0.4, -0.2) is 16.2 Å². The lowest BCUT2D eigenvalue weighted by molar-refractivity contribution is 0.248. The van der Waals surface area contributed by atoms with Crippen molar-refractivity contribution in [3.8, 4) is 0 Å². The molecule has 2 amide bonds. The lowest BCUT2D eigenvalue weighted by Gasteiger charge is -2.19. The predicted molar refractivity (Wildman–Crippen MR) is 95.3 cm³/mol. The van der Waals surface area contributed by atoms with Crippen molar-refractivity contribution in [2.45, 2.75) is 26.3 Å². The smallest absolute Gasteiger partial charge is 0.320 e. The van der Waals surface area contributed by atoms with Gasteiger partial charge in [0.05, 0.1) is 6.04 Å². The maximum absolute atomic E-state index is 12.3. The summed E-state index contributed by atoms with van der Waals surface area (Å²) in [5, 5.41) is 9.44. The molecule has 2 N–H and O–H groups in total. The number of urea groups is 1. The Bertz CT molecular complexity index is 828. The highest BCUT2D eigenvalue weighted by atomic mass is 16.5. The van der Waals surface area contributed by atoms with E-state index in [9.17, 15) is 4.79 Å². The van der Waals surface area contributed by atoms with Gasteiger partial charge >= 0.3 is 6.03 Å². The number of aryl methyl sites for hydroxylation is 2. The molecule has 3 rings (SSSR count). The highest BCUT2D eigenvalue weighted by molar-refractivity contribution is 5.88. The van der Waals surface area contributed by atoms with Gasteiger partial charge in [0, 0.05) is 18.5 Å². The average molecular weight is 336 g/mol. The molecule has 1 atom stereocenters. The van der Waals surface area contributed by atoms with E-state index in [1.54, 1.807) is 25.4 Å². The number of anilines is 1. The SMILES string of the molecule is Cc1ccc(CC(NC(=O)Nc2cc(C)on2)c2cccnc2)cc1. The Morgan fingerprint density at radius 2 is 2.00 bits per heavy atom. The number of pyridine rings is 1. The normalized spacial score (nSPS) is 11.8. The van der Waals surface area contributed by atoms with E-state index >= 15 is 0 Å². The Morgan fingerprint density at radius 3 is 2.64 bits per heavy atom. The van der Waals surface area contributed by atoms with Crippen LogP contribution in [0.4, 0.5) is 10.6 Å². The summed E-state index contributed by atoms with van der Waals surface area (Å²) in [6, 6.07) is 13.2. The van der Waals surface area contributed by atoms with Gasteiger partial charge in [-0.1, -0.05) is 41.1 Å². The molecular weight excluding hydrogens is 316 g/mol. The van der Waals surface area contributed by atoms with Crippen molar-refractivity contribution in [2.75, 3.05) is 5.32 Å². The van der Waals surface area contributed by atoms with Crippen LogP contribution >= 0.6 is 0 Å². The van der Waals surface area contributed by atoms with Crippen LogP contribution in [0.3, 0.4) is 0 Å². The Morgan fingerprint density at radius 1 is 1.20 bits per heavy atom. The van der Waals surface area contributed by atoms with Crippen LogP contribution in [0.25, 0.3) is 0 Å². The van der Waals surface area contributed by atoms with Crippen LogP contribution in [0.5, 0.6) is 0 Å². The van der Waals surface area contributed by atoms with Crippen LogP contribution in [0.2, 0.25) is 0 Å². The molecule has 0 bridgehead atoms. The van der Waals surface area contributed by atoms with Crippen LogP contribution in [0.15, 0.2) is 59.4 Å². The molecule has 3 aromatic rings. The number of nitrogens with zero attached hydrogens (tertiary/aromatic N) is 2. The predicted octanol–water partition coefficient (Wildman–Crippen LogP) is 3.79. The molecule has 0 aliphatic carbocycles. The Hall–Kier alpha value is -3.15. The molecule has 128 valence electrons. The molecule has 1 aromatic carbocycles. The third kappa shape index (κ3) is 4.67. The van der Waals surface area contributed by atoms with Gasteiger partial charge in [0.2, 0.25) is 0 Å². The standard InChI is InChI=1S/C19H20N4O2/c1-13-5-7-15(8-6-13)11-17(16-4-3-9-20-12-16)21-19(24)22-18-10-14(2)25-23-18/h3-10,12,17H,11H2,1-2H3,(H2,21,22,23,24). The number of rotatable bonds is 5. The van der Waals surface area contributed by atoms with Crippen molar-refractivity contribution >= 4 is 11.8 Å².